The topological polar surface area (TPSA) is 66.6 Å². The minimum absolute atomic E-state index is 0.0119. The Morgan fingerprint density at radius 2 is 1.75 bits per heavy atom. The summed E-state index contributed by atoms with van der Waals surface area (Å²) in [4.78, 5) is 27.6. The second-order valence-corrected chi connectivity index (χ2v) is 5.50. The molecule has 1 aliphatic rings. The first-order valence-corrected chi connectivity index (χ1v) is 6.79. The maximum Gasteiger partial charge on any atom is 0.254 e. The minimum atomic E-state index is -0.480. The molecule has 2 unspecified atom stereocenters. The van der Waals surface area contributed by atoms with E-state index in [0.717, 1.165) is 13.0 Å². The van der Waals surface area contributed by atoms with Crippen LogP contribution in [0.4, 0.5) is 0 Å². The summed E-state index contributed by atoms with van der Waals surface area (Å²) in [6.45, 7) is 2.84. The van der Waals surface area contributed by atoms with Crippen molar-refractivity contribution < 1.29 is 9.59 Å². The van der Waals surface area contributed by atoms with E-state index >= 15 is 0 Å². The summed E-state index contributed by atoms with van der Waals surface area (Å²) in [5.74, 6) is -0.468. The summed E-state index contributed by atoms with van der Waals surface area (Å²) >= 11 is 0. The molecule has 5 heteroatoms. The number of nitrogens with two attached hydrogens (primary N) is 1. The van der Waals surface area contributed by atoms with Crippen LogP contribution in [0.5, 0.6) is 0 Å². The SMILES string of the molecule is CC1C(N(C)C)CCN1C(=O)c1ccc(C(N)=O)cc1. The Kier molecular flexibility index (Phi) is 4.09. The molecular formula is C15H21N3O2. The van der Waals surface area contributed by atoms with Gasteiger partial charge in [-0.05, 0) is 51.7 Å². The van der Waals surface area contributed by atoms with E-state index in [2.05, 4.69) is 11.8 Å². The van der Waals surface area contributed by atoms with Crippen LogP contribution in [0.15, 0.2) is 24.3 Å². The molecule has 0 bridgehead atoms. The Balaban J connectivity index is 2.14. The molecule has 2 rings (SSSR count). The highest BCUT2D eigenvalue weighted by atomic mass is 16.2. The van der Waals surface area contributed by atoms with Gasteiger partial charge in [-0.25, -0.2) is 0 Å². The van der Waals surface area contributed by atoms with Crippen molar-refractivity contribution >= 4 is 11.8 Å². The third-order valence-corrected chi connectivity index (χ3v) is 4.05. The zero-order valence-electron chi connectivity index (χ0n) is 12.2. The van der Waals surface area contributed by atoms with Crippen molar-refractivity contribution in [3.05, 3.63) is 35.4 Å². The third kappa shape index (κ3) is 2.67. The largest absolute Gasteiger partial charge is 0.366 e. The Morgan fingerprint density at radius 1 is 1.20 bits per heavy atom. The Morgan fingerprint density at radius 3 is 2.20 bits per heavy atom. The van der Waals surface area contributed by atoms with Gasteiger partial charge >= 0.3 is 0 Å². The van der Waals surface area contributed by atoms with Gasteiger partial charge in [-0.3, -0.25) is 9.59 Å². The molecule has 1 fully saturated rings. The zero-order chi connectivity index (χ0) is 14.9. The lowest BCUT2D eigenvalue weighted by atomic mass is 10.1. The molecule has 108 valence electrons. The van der Waals surface area contributed by atoms with E-state index in [-0.39, 0.29) is 11.9 Å². The van der Waals surface area contributed by atoms with Crippen LogP contribution in [0.25, 0.3) is 0 Å². The summed E-state index contributed by atoms with van der Waals surface area (Å²) in [7, 11) is 4.08. The van der Waals surface area contributed by atoms with E-state index < -0.39 is 5.91 Å². The number of benzene rings is 1. The Hall–Kier alpha value is -1.88. The van der Waals surface area contributed by atoms with Crippen molar-refractivity contribution in [1.82, 2.24) is 9.80 Å². The van der Waals surface area contributed by atoms with Gasteiger partial charge in [-0.2, -0.15) is 0 Å². The van der Waals surface area contributed by atoms with Crippen LogP contribution in [0.3, 0.4) is 0 Å². The summed E-state index contributed by atoms with van der Waals surface area (Å²) in [5, 5.41) is 0. The predicted octanol–water partition coefficient (Wildman–Crippen LogP) is 0.950. The van der Waals surface area contributed by atoms with E-state index in [1.807, 2.05) is 19.0 Å². The number of rotatable bonds is 3. The molecule has 0 aliphatic carbocycles. The Bertz CT molecular complexity index is 510. The number of carbonyl (C=O) groups is 2. The monoisotopic (exact) mass is 275 g/mol. The highest BCUT2D eigenvalue weighted by molar-refractivity contribution is 5.97. The fourth-order valence-corrected chi connectivity index (χ4v) is 2.84. The normalized spacial score (nSPS) is 22.3. The molecule has 0 radical (unpaired) electrons. The highest BCUT2D eigenvalue weighted by Gasteiger charge is 2.35. The van der Waals surface area contributed by atoms with Crippen LogP contribution in [0.2, 0.25) is 0 Å². The van der Waals surface area contributed by atoms with Gasteiger partial charge in [-0.15, -0.1) is 0 Å². The maximum absolute atomic E-state index is 12.5. The molecule has 0 saturated carbocycles. The molecule has 1 aromatic rings. The van der Waals surface area contributed by atoms with Crippen LogP contribution >= 0.6 is 0 Å². The Labute approximate surface area is 119 Å². The van der Waals surface area contributed by atoms with E-state index in [4.69, 9.17) is 5.73 Å². The van der Waals surface area contributed by atoms with Crippen molar-refractivity contribution in [1.29, 1.82) is 0 Å². The maximum atomic E-state index is 12.5. The van der Waals surface area contributed by atoms with Crippen LogP contribution in [-0.4, -0.2) is 54.3 Å². The summed E-state index contributed by atoms with van der Waals surface area (Å²) in [5.41, 5.74) is 6.21. The third-order valence-electron chi connectivity index (χ3n) is 4.05. The first-order chi connectivity index (χ1) is 9.41. The van der Waals surface area contributed by atoms with Gasteiger partial charge in [0.1, 0.15) is 0 Å². The number of likely N-dealkylation sites (N-methyl/N-ethyl adjacent to an activating group) is 1. The molecule has 2 atom stereocenters. The first-order valence-electron chi connectivity index (χ1n) is 6.79. The molecule has 1 heterocycles. The molecule has 2 N–H and O–H groups in total. The van der Waals surface area contributed by atoms with Crippen molar-refractivity contribution in [3.8, 4) is 0 Å². The van der Waals surface area contributed by atoms with Gasteiger partial charge in [0.05, 0.1) is 0 Å². The van der Waals surface area contributed by atoms with Gasteiger partial charge in [0, 0.05) is 29.8 Å². The van der Waals surface area contributed by atoms with E-state index in [9.17, 15) is 9.59 Å². The first kappa shape index (κ1) is 14.5. The molecule has 20 heavy (non-hydrogen) atoms. The van der Waals surface area contributed by atoms with Gasteiger partial charge < -0.3 is 15.5 Å². The van der Waals surface area contributed by atoms with Crippen LogP contribution in [0.1, 0.15) is 34.1 Å². The van der Waals surface area contributed by atoms with Gasteiger partial charge in [0.15, 0.2) is 0 Å². The van der Waals surface area contributed by atoms with E-state index in [1.54, 1.807) is 24.3 Å². The molecule has 2 amide bonds. The molecular weight excluding hydrogens is 254 g/mol. The average Bonchev–Trinajstić information content (AvgIpc) is 2.80. The molecule has 1 aromatic carbocycles. The fourth-order valence-electron chi connectivity index (χ4n) is 2.84. The summed E-state index contributed by atoms with van der Waals surface area (Å²) in [6.07, 6.45) is 0.985. The van der Waals surface area contributed by atoms with Crippen LogP contribution in [-0.2, 0) is 0 Å². The quantitative estimate of drug-likeness (QED) is 0.893. The van der Waals surface area contributed by atoms with Gasteiger partial charge in [-0.1, -0.05) is 0 Å². The lowest BCUT2D eigenvalue weighted by molar-refractivity contribution is 0.0720. The molecule has 1 saturated heterocycles. The summed E-state index contributed by atoms with van der Waals surface area (Å²) < 4.78 is 0. The molecule has 0 spiro atoms. The predicted molar refractivity (Wildman–Crippen MR) is 77.6 cm³/mol. The van der Waals surface area contributed by atoms with Crippen LogP contribution < -0.4 is 5.73 Å². The zero-order valence-corrected chi connectivity index (χ0v) is 12.2. The molecule has 5 nitrogen and oxygen atoms in total. The number of hydrogen-bond donors (Lipinski definition) is 1. The van der Waals surface area contributed by atoms with Crippen molar-refractivity contribution in [2.75, 3.05) is 20.6 Å². The lowest BCUT2D eigenvalue weighted by Crippen LogP contribution is -2.42. The number of nitrogens with zero attached hydrogens (tertiary/aromatic N) is 2. The number of amides is 2. The number of hydrogen-bond acceptors (Lipinski definition) is 3. The second kappa shape index (κ2) is 5.63. The van der Waals surface area contributed by atoms with Gasteiger partial charge in [0.2, 0.25) is 5.91 Å². The lowest BCUT2D eigenvalue weighted by Gasteiger charge is -2.28. The van der Waals surface area contributed by atoms with Crippen molar-refractivity contribution in [2.24, 2.45) is 5.73 Å². The second-order valence-electron chi connectivity index (χ2n) is 5.50. The molecule has 1 aliphatic heterocycles. The van der Waals surface area contributed by atoms with E-state index in [1.165, 1.54) is 0 Å². The summed E-state index contributed by atoms with van der Waals surface area (Å²) in [6, 6.07) is 7.10. The fraction of sp³-hybridized carbons (Fsp3) is 0.467. The van der Waals surface area contributed by atoms with Crippen molar-refractivity contribution in [2.45, 2.75) is 25.4 Å². The van der Waals surface area contributed by atoms with Gasteiger partial charge in [0.25, 0.3) is 5.91 Å². The number of carbonyl (C=O) groups excluding carboxylic acids is 2. The van der Waals surface area contributed by atoms with E-state index in [0.29, 0.717) is 17.2 Å². The standard InChI is InChI=1S/C15H21N3O2/c1-10-13(17(2)3)8-9-18(10)15(20)12-6-4-11(5-7-12)14(16)19/h4-7,10,13H,8-9H2,1-3H3,(H2,16,19). The van der Waals surface area contributed by atoms with Crippen LogP contribution in [0, 0.1) is 0 Å². The number of likely N-dealkylation sites (tertiary alicyclic amines) is 1. The highest BCUT2D eigenvalue weighted by Crippen LogP contribution is 2.23. The number of primary amides is 1. The molecule has 0 aromatic heterocycles. The minimum Gasteiger partial charge on any atom is -0.366 e. The smallest absolute Gasteiger partial charge is 0.254 e. The van der Waals surface area contributed by atoms with Crippen molar-refractivity contribution in [3.63, 3.8) is 0 Å². The average molecular weight is 275 g/mol.